The van der Waals surface area contributed by atoms with Gasteiger partial charge in [-0.15, -0.1) is 5.10 Å². The highest BCUT2D eigenvalue weighted by Crippen LogP contribution is 2.29. The van der Waals surface area contributed by atoms with Gasteiger partial charge in [-0.1, -0.05) is 12.1 Å². The van der Waals surface area contributed by atoms with Gasteiger partial charge >= 0.3 is 5.69 Å². The van der Waals surface area contributed by atoms with Gasteiger partial charge < -0.3 is 0 Å². The van der Waals surface area contributed by atoms with Crippen molar-refractivity contribution >= 4 is 18.0 Å². The molecule has 0 aliphatic rings. The monoisotopic (exact) mass is 253 g/mol. The molecule has 0 bridgehead atoms. The molecular weight excluding hydrogens is 245 g/mol. The molecule has 1 aromatic heterocycles. The number of hydrogen-bond acceptors (Lipinski definition) is 4. The maximum Gasteiger partial charge on any atom is 0.343 e. The summed E-state index contributed by atoms with van der Waals surface area (Å²) in [5.41, 5.74) is -0.165. The summed E-state index contributed by atoms with van der Waals surface area (Å²) in [6, 6.07) is 4.20. The van der Waals surface area contributed by atoms with Gasteiger partial charge in [0.2, 0.25) is 0 Å². The fraction of sp³-hybridized carbons (Fsp3) is 0.100. The van der Waals surface area contributed by atoms with Crippen molar-refractivity contribution in [1.29, 1.82) is 0 Å². The number of carbonyl (C=O) groups excluding carboxylic acids is 1. The second-order valence-corrected chi connectivity index (χ2v) is 4.23. The van der Waals surface area contributed by atoms with Crippen molar-refractivity contribution in [2.24, 2.45) is 7.05 Å². The quantitative estimate of drug-likeness (QED) is 0.835. The lowest BCUT2D eigenvalue weighted by atomic mass is 10.2. The number of nitrogens with one attached hydrogen (secondary N) is 1. The van der Waals surface area contributed by atoms with Gasteiger partial charge in [-0.3, -0.25) is 9.36 Å². The van der Waals surface area contributed by atoms with Crippen molar-refractivity contribution in [3.8, 4) is 0 Å². The molecule has 0 aliphatic heterocycles. The molecule has 0 saturated heterocycles. The second-order valence-electron chi connectivity index (χ2n) is 3.25. The van der Waals surface area contributed by atoms with Crippen LogP contribution in [-0.2, 0) is 7.05 Å². The summed E-state index contributed by atoms with van der Waals surface area (Å²) in [5, 5.41) is 6.27. The summed E-state index contributed by atoms with van der Waals surface area (Å²) in [4.78, 5) is 22.1. The first kappa shape index (κ1) is 11.6. The number of nitrogens with zero attached hydrogens (tertiary/aromatic N) is 2. The van der Waals surface area contributed by atoms with Crippen LogP contribution in [0.5, 0.6) is 0 Å². The molecule has 7 heteroatoms. The standard InChI is InChI=1S/C10H8FN3O2S/c1-14-9(16)12-13-10(14)17-8-6(5-15)3-2-4-7(8)11/h2-5H,1H3,(H,12,16). The molecule has 0 amide bonds. The minimum Gasteiger partial charge on any atom is -0.298 e. The molecule has 88 valence electrons. The van der Waals surface area contributed by atoms with Gasteiger partial charge in [-0.25, -0.2) is 14.3 Å². The smallest absolute Gasteiger partial charge is 0.298 e. The third-order valence-corrected chi connectivity index (χ3v) is 3.34. The fourth-order valence-electron chi connectivity index (χ4n) is 1.24. The maximum absolute atomic E-state index is 13.6. The van der Waals surface area contributed by atoms with Crippen LogP contribution in [0.15, 0.2) is 33.0 Å². The molecule has 0 fully saturated rings. The van der Waals surface area contributed by atoms with Crippen molar-refractivity contribution in [3.63, 3.8) is 0 Å². The number of aromatic amines is 1. The van der Waals surface area contributed by atoms with Crippen LogP contribution < -0.4 is 5.69 Å². The molecule has 0 aliphatic carbocycles. The van der Waals surface area contributed by atoms with Crippen LogP contribution in [0, 0.1) is 5.82 Å². The molecule has 0 saturated carbocycles. The highest BCUT2D eigenvalue weighted by molar-refractivity contribution is 7.99. The molecule has 1 aromatic carbocycles. The van der Waals surface area contributed by atoms with E-state index in [2.05, 4.69) is 10.2 Å². The van der Waals surface area contributed by atoms with Crippen LogP contribution in [0.25, 0.3) is 0 Å². The van der Waals surface area contributed by atoms with Crippen molar-refractivity contribution in [2.45, 2.75) is 10.1 Å². The van der Waals surface area contributed by atoms with Gasteiger partial charge in [-0.2, -0.15) is 0 Å². The third kappa shape index (κ3) is 2.14. The summed E-state index contributed by atoms with van der Waals surface area (Å²) in [6.45, 7) is 0. The first-order chi connectivity index (χ1) is 8.13. The van der Waals surface area contributed by atoms with Crippen molar-refractivity contribution in [1.82, 2.24) is 14.8 Å². The minimum absolute atomic E-state index is 0.157. The van der Waals surface area contributed by atoms with Crippen LogP contribution in [0.3, 0.4) is 0 Å². The number of carbonyl (C=O) groups is 1. The molecule has 1 N–H and O–H groups in total. The number of benzene rings is 1. The Hall–Kier alpha value is -1.89. The predicted octanol–water partition coefficient (Wildman–Crippen LogP) is 1.21. The summed E-state index contributed by atoms with van der Waals surface area (Å²) in [6.07, 6.45) is 0.566. The van der Waals surface area contributed by atoms with E-state index in [1.54, 1.807) is 0 Å². The molecule has 1 heterocycles. The van der Waals surface area contributed by atoms with E-state index in [1.165, 1.54) is 29.8 Å². The number of halogens is 1. The van der Waals surface area contributed by atoms with E-state index in [4.69, 9.17) is 0 Å². The molecule has 0 atom stereocenters. The molecule has 0 spiro atoms. The van der Waals surface area contributed by atoms with E-state index in [9.17, 15) is 14.0 Å². The zero-order valence-electron chi connectivity index (χ0n) is 8.81. The number of hydrogen-bond donors (Lipinski definition) is 1. The first-order valence-electron chi connectivity index (χ1n) is 4.66. The fourth-order valence-corrected chi connectivity index (χ4v) is 2.13. The normalized spacial score (nSPS) is 10.5. The second kappa shape index (κ2) is 4.54. The molecule has 0 unspecified atom stereocenters. The summed E-state index contributed by atoms with van der Waals surface area (Å²) >= 11 is 0.927. The van der Waals surface area contributed by atoms with Crippen LogP contribution >= 0.6 is 11.8 Å². The molecule has 17 heavy (non-hydrogen) atoms. The SMILES string of the molecule is Cn1c(Sc2c(F)cccc2C=O)n[nH]c1=O. The maximum atomic E-state index is 13.6. The highest BCUT2D eigenvalue weighted by atomic mass is 32.2. The van der Waals surface area contributed by atoms with Gasteiger partial charge in [0.15, 0.2) is 11.4 Å². The van der Waals surface area contributed by atoms with Crippen molar-refractivity contribution < 1.29 is 9.18 Å². The van der Waals surface area contributed by atoms with Gasteiger partial charge in [0.1, 0.15) is 5.82 Å². The van der Waals surface area contributed by atoms with E-state index >= 15 is 0 Å². The van der Waals surface area contributed by atoms with E-state index in [1.807, 2.05) is 0 Å². The van der Waals surface area contributed by atoms with E-state index in [0.29, 0.717) is 11.4 Å². The summed E-state index contributed by atoms with van der Waals surface area (Å²) in [7, 11) is 1.51. The Morgan fingerprint density at radius 2 is 2.29 bits per heavy atom. The van der Waals surface area contributed by atoms with Crippen molar-refractivity contribution in [3.05, 3.63) is 40.1 Å². The average molecular weight is 253 g/mol. The Morgan fingerprint density at radius 1 is 1.53 bits per heavy atom. The third-order valence-electron chi connectivity index (χ3n) is 2.16. The lowest BCUT2D eigenvalue weighted by Gasteiger charge is -2.04. The summed E-state index contributed by atoms with van der Waals surface area (Å²) in [5.74, 6) is -0.518. The Balaban J connectivity index is 2.46. The Kier molecular flexibility index (Phi) is 3.10. The molecule has 2 rings (SSSR count). The number of H-pyrrole nitrogens is 1. The molecule has 0 radical (unpaired) electrons. The lowest BCUT2D eigenvalue weighted by molar-refractivity contribution is 0.112. The van der Waals surface area contributed by atoms with Crippen LogP contribution in [0.1, 0.15) is 10.4 Å². The summed E-state index contributed by atoms with van der Waals surface area (Å²) < 4.78 is 14.8. The van der Waals surface area contributed by atoms with Gasteiger partial charge in [0, 0.05) is 12.6 Å². The van der Waals surface area contributed by atoms with Gasteiger partial charge in [0.05, 0.1) is 4.90 Å². The molecule has 2 aromatic rings. The number of rotatable bonds is 3. The van der Waals surface area contributed by atoms with Crippen LogP contribution in [0.2, 0.25) is 0 Å². The van der Waals surface area contributed by atoms with E-state index < -0.39 is 11.5 Å². The zero-order valence-corrected chi connectivity index (χ0v) is 9.62. The average Bonchev–Trinajstić information content (AvgIpc) is 2.63. The van der Waals surface area contributed by atoms with Crippen LogP contribution in [0.4, 0.5) is 4.39 Å². The molecular formula is C10H8FN3O2S. The Morgan fingerprint density at radius 3 is 2.88 bits per heavy atom. The lowest BCUT2D eigenvalue weighted by Crippen LogP contribution is -2.12. The Labute approximate surface area is 99.7 Å². The largest absolute Gasteiger partial charge is 0.343 e. The predicted molar refractivity (Wildman–Crippen MR) is 59.7 cm³/mol. The van der Waals surface area contributed by atoms with Gasteiger partial charge in [0.25, 0.3) is 0 Å². The highest BCUT2D eigenvalue weighted by Gasteiger charge is 2.13. The van der Waals surface area contributed by atoms with E-state index in [0.717, 1.165) is 11.8 Å². The molecule has 5 nitrogen and oxygen atoms in total. The van der Waals surface area contributed by atoms with Crippen molar-refractivity contribution in [2.75, 3.05) is 0 Å². The zero-order chi connectivity index (χ0) is 12.4. The number of aromatic nitrogens is 3. The van der Waals surface area contributed by atoms with Gasteiger partial charge in [-0.05, 0) is 17.8 Å². The Bertz CT molecular complexity index is 620. The topological polar surface area (TPSA) is 67.8 Å². The van der Waals surface area contributed by atoms with Crippen LogP contribution in [-0.4, -0.2) is 21.1 Å². The minimum atomic E-state index is -0.518. The number of aldehydes is 1. The van der Waals surface area contributed by atoms with E-state index in [-0.39, 0.29) is 10.5 Å². The first-order valence-corrected chi connectivity index (χ1v) is 5.48.